The summed E-state index contributed by atoms with van der Waals surface area (Å²) in [5.41, 5.74) is 1.03. The maximum absolute atomic E-state index is 6.15. The van der Waals surface area contributed by atoms with Gasteiger partial charge in [-0.05, 0) is 23.9 Å². The molecule has 86 valence electrons. The van der Waals surface area contributed by atoms with Crippen molar-refractivity contribution in [3.05, 3.63) is 47.0 Å². The minimum Gasteiger partial charge on any atom is -0.127 e. The molecule has 17 heavy (non-hydrogen) atoms. The number of fused-ring (bicyclic) bond motifs is 1. The molecule has 0 spiro atoms. The van der Waals surface area contributed by atoms with Crippen LogP contribution in [0.4, 0.5) is 0 Å². The fourth-order valence-corrected chi connectivity index (χ4v) is 2.05. The van der Waals surface area contributed by atoms with E-state index >= 15 is 0 Å². The van der Waals surface area contributed by atoms with Crippen molar-refractivity contribution >= 4 is 34.0 Å². The lowest BCUT2D eigenvalue weighted by Gasteiger charge is -2.02. The smallest absolute Gasteiger partial charge is 0.0485 e. The molecule has 2 aromatic rings. The van der Waals surface area contributed by atoms with Gasteiger partial charge in [-0.2, -0.15) is 0 Å². The van der Waals surface area contributed by atoms with Crippen LogP contribution in [0.1, 0.15) is 18.4 Å². The summed E-state index contributed by atoms with van der Waals surface area (Å²) in [5, 5.41) is 2.93. The van der Waals surface area contributed by atoms with Gasteiger partial charge in [0.2, 0.25) is 0 Å². The fraction of sp³-hybridized carbons (Fsp3) is 0.200. The second-order valence-corrected chi connectivity index (χ2v) is 4.52. The first-order chi connectivity index (χ1) is 8.33. The number of unbranched alkanes of at least 4 members (excludes halogenated alkanes) is 1. The van der Waals surface area contributed by atoms with Gasteiger partial charge in [0, 0.05) is 28.3 Å². The number of hydrogen-bond donors (Lipinski definition) is 0. The Morgan fingerprint density at radius 2 is 1.76 bits per heavy atom. The van der Waals surface area contributed by atoms with Crippen LogP contribution in [0, 0.1) is 11.8 Å². The van der Waals surface area contributed by atoms with Gasteiger partial charge < -0.3 is 0 Å². The Kier molecular flexibility index (Phi) is 4.31. The summed E-state index contributed by atoms with van der Waals surface area (Å²) in [4.78, 5) is 0. The Hall–Kier alpha value is -1.16. The lowest BCUT2D eigenvalue weighted by atomic mass is 10.0. The van der Waals surface area contributed by atoms with Gasteiger partial charge in [0.25, 0.3) is 0 Å². The summed E-state index contributed by atoms with van der Waals surface area (Å²) in [5.74, 6) is 6.98. The van der Waals surface area contributed by atoms with Crippen molar-refractivity contribution in [2.75, 3.05) is 5.88 Å². The molecule has 0 unspecified atom stereocenters. The van der Waals surface area contributed by atoms with Gasteiger partial charge in [-0.1, -0.05) is 47.7 Å². The summed E-state index contributed by atoms with van der Waals surface area (Å²) in [6.45, 7) is 0. The first-order valence-electron chi connectivity index (χ1n) is 5.55. The van der Waals surface area contributed by atoms with Crippen LogP contribution in [0.3, 0.4) is 0 Å². The molecule has 0 aliphatic carbocycles. The van der Waals surface area contributed by atoms with Gasteiger partial charge in [0.1, 0.15) is 0 Å². The maximum Gasteiger partial charge on any atom is 0.0485 e. The number of alkyl halides is 1. The maximum atomic E-state index is 6.15. The normalized spacial score (nSPS) is 10.0. The van der Waals surface area contributed by atoms with Crippen LogP contribution < -0.4 is 0 Å². The molecule has 0 aromatic heterocycles. The minimum absolute atomic E-state index is 0.663. The molecule has 2 rings (SSSR count). The van der Waals surface area contributed by atoms with Crippen LogP contribution in [-0.2, 0) is 0 Å². The molecule has 0 bridgehead atoms. The lowest BCUT2D eigenvalue weighted by Crippen LogP contribution is -1.81. The molecule has 0 heterocycles. The Balaban J connectivity index is 2.40. The average Bonchev–Trinajstić information content (AvgIpc) is 2.37. The largest absolute Gasteiger partial charge is 0.127 e. The average molecular weight is 263 g/mol. The zero-order valence-electron chi connectivity index (χ0n) is 9.34. The zero-order valence-corrected chi connectivity index (χ0v) is 10.9. The second-order valence-electron chi connectivity index (χ2n) is 3.73. The molecule has 0 radical (unpaired) electrons. The molecule has 0 aliphatic rings. The number of hydrogen-bond acceptors (Lipinski definition) is 0. The minimum atomic E-state index is 0.663. The molecule has 2 heteroatoms. The summed E-state index contributed by atoms with van der Waals surface area (Å²) in [6, 6.07) is 11.9. The molecule has 0 saturated heterocycles. The number of rotatable bonds is 2. The molecule has 0 nitrogen and oxygen atoms in total. The van der Waals surface area contributed by atoms with Crippen molar-refractivity contribution in [2.24, 2.45) is 0 Å². The summed E-state index contributed by atoms with van der Waals surface area (Å²) < 4.78 is 0. The van der Waals surface area contributed by atoms with E-state index in [2.05, 4.69) is 11.8 Å². The van der Waals surface area contributed by atoms with E-state index in [1.165, 1.54) is 0 Å². The second kappa shape index (κ2) is 5.96. The molecule has 0 atom stereocenters. The zero-order chi connectivity index (χ0) is 12.1. The monoisotopic (exact) mass is 262 g/mol. The van der Waals surface area contributed by atoms with Crippen molar-refractivity contribution in [3.8, 4) is 11.8 Å². The highest BCUT2D eigenvalue weighted by molar-refractivity contribution is 6.35. The number of benzene rings is 2. The Labute approximate surface area is 112 Å². The highest BCUT2D eigenvalue weighted by Gasteiger charge is 2.01. The summed E-state index contributed by atoms with van der Waals surface area (Å²) in [7, 11) is 0. The standard InChI is InChI=1S/C15H12Cl2/c16-11-5-1-2-6-12-9-10-15(17)14-8-4-3-7-13(12)14/h3-4,7-10H,1,5,11H2. The van der Waals surface area contributed by atoms with Crippen LogP contribution in [0.2, 0.25) is 5.02 Å². The molecule has 0 fully saturated rings. The fourth-order valence-electron chi connectivity index (χ4n) is 1.68. The predicted molar refractivity (Wildman–Crippen MR) is 75.8 cm³/mol. The Bertz CT molecular complexity index is 576. The molecule has 0 saturated carbocycles. The van der Waals surface area contributed by atoms with Crippen molar-refractivity contribution in [3.63, 3.8) is 0 Å². The summed E-state index contributed by atoms with van der Waals surface area (Å²) >= 11 is 11.8. The van der Waals surface area contributed by atoms with Crippen LogP contribution in [0.25, 0.3) is 10.8 Å². The topological polar surface area (TPSA) is 0 Å². The lowest BCUT2D eigenvalue weighted by molar-refractivity contribution is 0.991. The van der Waals surface area contributed by atoms with E-state index in [4.69, 9.17) is 23.2 Å². The third kappa shape index (κ3) is 2.94. The predicted octanol–water partition coefficient (Wildman–Crippen LogP) is 4.86. The van der Waals surface area contributed by atoms with Crippen LogP contribution in [-0.4, -0.2) is 5.88 Å². The van der Waals surface area contributed by atoms with E-state index in [0.717, 1.165) is 34.2 Å². The SMILES string of the molecule is ClCCCC#Cc1ccc(Cl)c2ccccc12. The Morgan fingerprint density at radius 3 is 2.53 bits per heavy atom. The van der Waals surface area contributed by atoms with E-state index in [0.29, 0.717) is 5.88 Å². The highest BCUT2D eigenvalue weighted by Crippen LogP contribution is 2.25. The first-order valence-corrected chi connectivity index (χ1v) is 6.46. The van der Waals surface area contributed by atoms with Crippen molar-refractivity contribution in [1.29, 1.82) is 0 Å². The first kappa shape index (κ1) is 12.3. The highest BCUT2D eigenvalue weighted by atomic mass is 35.5. The van der Waals surface area contributed by atoms with E-state index < -0.39 is 0 Å². The van der Waals surface area contributed by atoms with Crippen molar-refractivity contribution in [1.82, 2.24) is 0 Å². The Morgan fingerprint density at radius 1 is 1.00 bits per heavy atom. The van der Waals surface area contributed by atoms with Crippen molar-refractivity contribution in [2.45, 2.75) is 12.8 Å². The van der Waals surface area contributed by atoms with Crippen LogP contribution >= 0.6 is 23.2 Å². The van der Waals surface area contributed by atoms with Gasteiger partial charge in [0.05, 0.1) is 0 Å². The van der Waals surface area contributed by atoms with E-state index in [1.54, 1.807) is 0 Å². The molecule has 0 amide bonds. The van der Waals surface area contributed by atoms with Gasteiger partial charge in [-0.3, -0.25) is 0 Å². The molecule has 0 N–H and O–H groups in total. The molecular weight excluding hydrogens is 251 g/mol. The van der Waals surface area contributed by atoms with Crippen molar-refractivity contribution < 1.29 is 0 Å². The molecule has 2 aromatic carbocycles. The summed E-state index contributed by atoms with van der Waals surface area (Å²) in [6.07, 6.45) is 1.76. The third-order valence-electron chi connectivity index (χ3n) is 2.53. The van der Waals surface area contributed by atoms with Gasteiger partial charge in [-0.25, -0.2) is 0 Å². The van der Waals surface area contributed by atoms with Crippen LogP contribution in [0.15, 0.2) is 36.4 Å². The molecule has 0 aliphatic heterocycles. The van der Waals surface area contributed by atoms with Gasteiger partial charge >= 0.3 is 0 Å². The van der Waals surface area contributed by atoms with Crippen LogP contribution in [0.5, 0.6) is 0 Å². The van der Waals surface area contributed by atoms with Gasteiger partial charge in [0.15, 0.2) is 0 Å². The van der Waals surface area contributed by atoms with Gasteiger partial charge in [-0.15, -0.1) is 11.6 Å². The number of halogens is 2. The van der Waals surface area contributed by atoms with E-state index in [1.807, 2.05) is 36.4 Å². The van der Waals surface area contributed by atoms with E-state index in [9.17, 15) is 0 Å². The van der Waals surface area contributed by atoms with E-state index in [-0.39, 0.29) is 0 Å². The quantitative estimate of drug-likeness (QED) is 0.412. The molecular formula is C15H12Cl2. The third-order valence-corrected chi connectivity index (χ3v) is 3.13.